The minimum Gasteiger partial charge on any atom is -0.383 e. The standard InChI is InChI=1S/C18H21Cl2N7/c1-3-27(4-2)18-25-16(20)24-17(26-18)23-10-9-22-14-7-8-21-15-11-12(19)5-6-13(14)15/h5-8,11H,3-4,9-10H2,1-2H3,(H,21,22)(H,23,24,25,26). The molecule has 0 amide bonds. The average Bonchev–Trinajstić information content (AvgIpc) is 2.65. The largest absolute Gasteiger partial charge is 0.383 e. The summed E-state index contributed by atoms with van der Waals surface area (Å²) in [5, 5.41) is 8.45. The summed E-state index contributed by atoms with van der Waals surface area (Å²) in [6, 6.07) is 7.61. The Balaban J connectivity index is 1.62. The normalized spacial score (nSPS) is 10.8. The van der Waals surface area contributed by atoms with Crippen molar-refractivity contribution in [1.82, 2.24) is 19.9 Å². The summed E-state index contributed by atoms with van der Waals surface area (Å²) in [5.74, 6) is 1.04. The van der Waals surface area contributed by atoms with Crippen LogP contribution < -0.4 is 15.5 Å². The van der Waals surface area contributed by atoms with Crippen LogP contribution in [0.15, 0.2) is 30.5 Å². The van der Waals surface area contributed by atoms with E-state index in [1.807, 2.05) is 43.0 Å². The number of anilines is 3. The van der Waals surface area contributed by atoms with Crippen molar-refractivity contribution >= 4 is 51.7 Å². The van der Waals surface area contributed by atoms with E-state index in [-0.39, 0.29) is 5.28 Å². The van der Waals surface area contributed by atoms with Crippen LogP contribution in [0.2, 0.25) is 10.3 Å². The molecule has 0 aliphatic rings. The molecule has 0 atom stereocenters. The van der Waals surface area contributed by atoms with Gasteiger partial charge in [0, 0.05) is 48.5 Å². The summed E-state index contributed by atoms with van der Waals surface area (Å²) in [5.41, 5.74) is 1.85. The molecule has 27 heavy (non-hydrogen) atoms. The number of hydrogen-bond donors (Lipinski definition) is 2. The summed E-state index contributed by atoms with van der Waals surface area (Å²) >= 11 is 12.1. The van der Waals surface area contributed by atoms with Gasteiger partial charge in [0.2, 0.25) is 17.2 Å². The molecule has 0 fully saturated rings. The van der Waals surface area contributed by atoms with Crippen molar-refractivity contribution < 1.29 is 0 Å². The summed E-state index contributed by atoms with van der Waals surface area (Å²) < 4.78 is 0. The first-order valence-electron chi connectivity index (χ1n) is 8.79. The molecule has 3 aromatic rings. The van der Waals surface area contributed by atoms with Crippen molar-refractivity contribution in [3.05, 3.63) is 40.8 Å². The van der Waals surface area contributed by atoms with Gasteiger partial charge in [-0.2, -0.15) is 15.0 Å². The molecule has 142 valence electrons. The van der Waals surface area contributed by atoms with Gasteiger partial charge in [0.05, 0.1) is 5.52 Å². The molecule has 0 aliphatic heterocycles. The van der Waals surface area contributed by atoms with Gasteiger partial charge < -0.3 is 15.5 Å². The molecule has 0 radical (unpaired) electrons. The number of hydrogen-bond acceptors (Lipinski definition) is 7. The second kappa shape index (κ2) is 9.01. The minimum absolute atomic E-state index is 0.180. The lowest BCUT2D eigenvalue weighted by Crippen LogP contribution is -2.25. The highest BCUT2D eigenvalue weighted by molar-refractivity contribution is 6.31. The van der Waals surface area contributed by atoms with Crippen molar-refractivity contribution in [2.24, 2.45) is 0 Å². The number of benzene rings is 1. The molecule has 2 aromatic heterocycles. The molecule has 0 saturated carbocycles. The average molecular weight is 406 g/mol. The summed E-state index contributed by atoms with van der Waals surface area (Å²) in [6.45, 7) is 6.99. The van der Waals surface area contributed by atoms with E-state index in [0.29, 0.717) is 30.0 Å². The molecule has 2 heterocycles. The Bertz CT molecular complexity index is 915. The first-order chi connectivity index (χ1) is 13.1. The van der Waals surface area contributed by atoms with Gasteiger partial charge in [-0.1, -0.05) is 11.6 Å². The SMILES string of the molecule is CCN(CC)c1nc(Cl)nc(NCCNc2ccnc3cc(Cl)ccc23)n1. The van der Waals surface area contributed by atoms with Gasteiger partial charge in [0.15, 0.2) is 0 Å². The fourth-order valence-electron chi connectivity index (χ4n) is 2.71. The number of nitrogens with zero attached hydrogens (tertiary/aromatic N) is 5. The van der Waals surface area contributed by atoms with E-state index in [0.717, 1.165) is 29.7 Å². The lowest BCUT2D eigenvalue weighted by Gasteiger charge is -2.18. The number of fused-ring (bicyclic) bond motifs is 1. The highest BCUT2D eigenvalue weighted by Gasteiger charge is 2.10. The van der Waals surface area contributed by atoms with Gasteiger partial charge in [-0.25, -0.2) is 0 Å². The molecule has 3 rings (SSSR count). The van der Waals surface area contributed by atoms with Gasteiger partial charge in [-0.05, 0) is 49.7 Å². The minimum atomic E-state index is 0.180. The number of halogens is 2. The van der Waals surface area contributed by atoms with E-state index >= 15 is 0 Å². The van der Waals surface area contributed by atoms with Crippen molar-refractivity contribution in [2.75, 3.05) is 41.7 Å². The lowest BCUT2D eigenvalue weighted by molar-refractivity contribution is 0.811. The number of nitrogens with one attached hydrogen (secondary N) is 2. The van der Waals surface area contributed by atoms with Crippen LogP contribution in [0.5, 0.6) is 0 Å². The third kappa shape index (κ3) is 4.87. The highest BCUT2D eigenvalue weighted by atomic mass is 35.5. The van der Waals surface area contributed by atoms with Crippen molar-refractivity contribution in [3.63, 3.8) is 0 Å². The van der Waals surface area contributed by atoms with E-state index in [2.05, 4.69) is 30.6 Å². The maximum atomic E-state index is 6.03. The first kappa shape index (κ1) is 19.4. The maximum Gasteiger partial charge on any atom is 0.231 e. The molecule has 1 aromatic carbocycles. The fraction of sp³-hybridized carbons (Fsp3) is 0.333. The zero-order chi connectivity index (χ0) is 19.2. The number of aromatic nitrogens is 4. The molecule has 0 saturated heterocycles. The van der Waals surface area contributed by atoms with Crippen LogP contribution in [0.1, 0.15) is 13.8 Å². The van der Waals surface area contributed by atoms with E-state index in [1.165, 1.54) is 0 Å². The topological polar surface area (TPSA) is 78.9 Å². The third-order valence-electron chi connectivity index (χ3n) is 4.07. The van der Waals surface area contributed by atoms with Crippen molar-refractivity contribution in [1.29, 1.82) is 0 Å². The lowest BCUT2D eigenvalue weighted by atomic mass is 10.2. The Labute approximate surface area is 168 Å². The van der Waals surface area contributed by atoms with Gasteiger partial charge in [0.1, 0.15) is 0 Å². The number of pyridine rings is 1. The predicted molar refractivity (Wildman–Crippen MR) is 112 cm³/mol. The Morgan fingerprint density at radius 1 is 0.963 bits per heavy atom. The molecular formula is C18H21Cl2N7. The number of rotatable bonds is 8. The smallest absolute Gasteiger partial charge is 0.231 e. The maximum absolute atomic E-state index is 6.03. The van der Waals surface area contributed by atoms with E-state index in [1.54, 1.807) is 6.20 Å². The van der Waals surface area contributed by atoms with Gasteiger partial charge in [-0.3, -0.25) is 4.98 Å². The second-order valence-corrected chi connectivity index (χ2v) is 6.55. The van der Waals surface area contributed by atoms with Gasteiger partial charge >= 0.3 is 0 Å². The van der Waals surface area contributed by atoms with Crippen LogP contribution in [0.4, 0.5) is 17.6 Å². The van der Waals surface area contributed by atoms with Crippen LogP contribution in [0.3, 0.4) is 0 Å². The molecule has 0 spiro atoms. The van der Waals surface area contributed by atoms with Crippen LogP contribution in [0.25, 0.3) is 10.9 Å². The summed E-state index contributed by atoms with van der Waals surface area (Å²) in [4.78, 5) is 19.1. The van der Waals surface area contributed by atoms with Crippen LogP contribution >= 0.6 is 23.2 Å². The Kier molecular flexibility index (Phi) is 6.47. The zero-order valence-corrected chi connectivity index (χ0v) is 16.7. The molecule has 7 nitrogen and oxygen atoms in total. The molecule has 0 bridgehead atoms. The summed E-state index contributed by atoms with van der Waals surface area (Å²) in [7, 11) is 0. The van der Waals surface area contributed by atoms with Gasteiger partial charge in [0.25, 0.3) is 0 Å². The molecule has 2 N–H and O–H groups in total. The van der Waals surface area contributed by atoms with Crippen LogP contribution in [-0.2, 0) is 0 Å². The molecular weight excluding hydrogens is 385 g/mol. The third-order valence-corrected chi connectivity index (χ3v) is 4.48. The van der Waals surface area contributed by atoms with E-state index in [4.69, 9.17) is 23.2 Å². The molecule has 0 unspecified atom stereocenters. The van der Waals surface area contributed by atoms with E-state index in [9.17, 15) is 0 Å². The highest BCUT2D eigenvalue weighted by Crippen LogP contribution is 2.24. The van der Waals surface area contributed by atoms with Crippen molar-refractivity contribution in [3.8, 4) is 0 Å². The van der Waals surface area contributed by atoms with Crippen LogP contribution in [-0.4, -0.2) is 46.1 Å². The van der Waals surface area contributed by atoms with E-state index < -0.39 is 0 Å². The second-order valence-electron chi connectivity index (χ2n) is 5.77. The van der Waals surface area contributed by atoms with Crippen molar-refractivity contribution in [2.45, 2.75) is 13.8 Å². The Morgan fingerprint density at radius 3 is 2.52 bits per heavy atom. The Hall–Kier alpha value is -2.38. The van der Waals surface area contributed by atoms with Crippen LogP contribution in [0, 0.1) is 0 Å². The predicted octanol–water partition coefficient (Wildman–Crippen LogP) is 4.10. The van der Waals surface area contributed by atoms with Gasteiger partial charge in [-0.15, -0.1) is 0 Å². The first-order valence-corrected chi connectivity index (χ1v) is 9.54. The Morgan fingerprint density at radius 2 is 1.74 bits per heavy atom. The summed E-state index contributed by atoms with van der Waals surface area (Å²) in [6.07, 6.45) is 1.76. The quantitative estimate of drug-likeness (QED) is 0.546. The molecule has 9 heteroatoms. The zero-order valence-electron chi connectivity index (χ0n) is 15.2. The molecule has 0 aliphatic carbocycles. The fourth-order valence-corrected chi connectivity index (χ4v) is 3.04. The monoisotopic (exact) mass is 405 g/mol.